The molecule has 1 aromatic heterocycles. The van der Waals surface area contributed by atoms with Crippen LogP contribution in [0.1, 0.15) is 75.4 Å². The lowest BCUT2D eigenvalue weighted by Crippen LogP contribution is -2.28. The van der Waals surface area contributed by atoms with E-state index in [1.54, 1.807) is 7.11 Å². The molecule has 1 atom stereocenters. The fourth-order valence-corrected chi connectivity index (χ4v) is 3.93. The molecule has 2 aromatic rings. The van der Waals surface area contributed by atoms with Gasteiger partial charge >= 0.3 is 6.01 Å². The molecule has 1 aromatic carbocycles. The highest BCUT2D eigenvalue weighted by Crippen LogP contribution is 2.35. The van der Waals surface area contributed by atoms with E-state index in [0.29, 0.717) is 27.8 Å². The summed E-state index contributed by atoms with van der Waals surface area (Å²) in [5.41, 5.74) is 3.90. The molecule has 31 heavy (non-hydrogen) atoms. The molecule has 0 saturated carbocycles. The van der Waals surface area contributed by atoms with Crippen LogP contribution in [0.5, 0.6) is 11.9 Å². The van der Waals surface area contributed by atoms with Crippen molar-refractivity contribution in [1.82, 2.24) is 9.97 Å². The minimum absolute atomic E-state index is 0.0865. The van der Waals surface area contributed by atoms with Crippen LogP contribution in [0.4, 0.5) is 0 Å². The molecule has 2 radical (unpaired) electrons. The number of hydrogen-bond acceptors (Lipinski definition) is 6. The van der Waals surface area contributed by atoms with Gasteiger partial charge in [0.25, 0.3) is 0 Å². The zero-order chi connectivity index (χ0) is 23.4. The Kier molecular flexibility index (Phi) is 7.85. The number of methoxy groups -OCH3 is 2. The Morgan fingerprint density at radius 3 is 2.26 bits per heavy atom. The third-order valence-electron chi connectivity index (χ3n) is 4.85. The lowest BCUT2D eigenvalue weighted by molar-refractivity contribution is 0.109. The van der Waals surface area contributed by atoms with Gasteiger partial charge in [0.15, 0.2) is 0 Å². The van der Waals surface area contributed by atoms with Crippen molar-refractivity contribution in [3.8, 4) is 18.0 Å². The molecular weight excluding hydrogens is 406 g/mol. The number of rotatable bonds is 8. The monoisotopic (exact) mass is 439 g/mol. The molecule has 0 aliphatic heterocycles. The van der Waals surface area contributed by atoms with Gasteiger partial charge < -0.3 is 13.9 Å². The lowest BCUT2D eigenvalue weighted by atomic mass is 9.87. The van der Waals surface area contributed by atoms with Crippen LogP contribution in [-0.4, -0.2) is 34.0 Å². The van der Waals surface area contributed by atoms with E-state index in [1.165, 1.54) is 7.11 Å². The van der Waals surface area contributed by atoms with Gasteiger partial charge in [0.1, 0.15) is 5.92 Å². The SMILES string of the molecule is CCc1c(OC)nc(OC)nc1C(C#N)c1cc(C)cc(C(C)(C)O[Si]C(C)(C)C)c1. The first kappa shape index (κ1) is 24.8. The molecule has 0 saturated heterocycles. The largest absolute Gasteiger partial charge is 0.481 e. The normalized spacial score (nSPS) is 12.9. The standard InChI is InChI=1S/C24H33N3O3Si/c1-10-18-20(26-22(29-9)27-21(18)28-8)19(14-25)16-11-15(2)12-17(13-16)24(6,7)30-31-23(3,4)5/h11-13,19H,10H2,1-9H3. The highest BCUT2D eigenvalue weighted by molar-refractivity contribution is 6.31. The zero-order valence-electron chi connectivity index (χ0n) is 20.1. The minimum Gasteiger partial charge on any atom is -0.481 e. The van der Waals surface area contributed by atoms with Crippen molar-refractivity contribution in [2.24, 2.45) is 0 Å². The van der Waals surface area contributed by atoms with Crippen LogP contribution in [0.15, 0.2) is 18.2 Å². The fourth-order valence-electron chi connectivity index (χ4n) is 3.25. The first-order valence-electron chi connectivity index (χ1n) is 10.4. The first-order chi connectivity index (χ1) is 14.5. The Bertz CT molecular complexity index is 962. The van der Waals surface area contributed by atoms with Crippen molar-refractivity contribution in [2.75, 3.05) is 14.2 Å². The van der Waals surface area contributed by atoms with Crippen LogP contribution in [0.3, 0.4) is 0 Å². The Morgan fingerprint density at radius 2 is 1.74 bits per heavy atom. The molecule has 1 heterocycles. The summed E-state index contributed by atoms with van der Waals surface area (Å²) in [6.45, 7) is 14.7. The molecule has 0 aliphatic rings. The van der Waals surface area contributed by atoms with E-state index in [2.05, 4.69) is 62.8 Å². The van der Waals surface area contributed by atoms with Crippen molar-refractivity contribution in [3.63, 3.8) is 0 Å². The van der Waals surface area contributed by atoms with Crippen LogP contribution in [0.25, 0.3) is 0 Å². The number of ether oxygens (including phenoxy) is 2. The number of nitriles is 1. The van der Waals surface area contributed by atoms with Gasteiger partial charge in [-0.05, 0) is 43.4 Å². The number of aromatic nitrogens is 2. The summed E-state index contributed by atoms with van der Waals surface area (Å²) in [5, 5.41) is 10.2. The molecule has 0 spiro atoms. The van der Waals surface area contributed by atoms with Gasteiger partial charge in [0.05, 0.1) is 31.6 Å². The van der Waals surface area contributed by atoms with Crippen LogP contribution < -0.4 is 9.47 Å². The van der Waals surface area contributed by atoms with Gasteiger partial charge in [-0.15, -0.1) is 0 Å². The van der Waals surface area contributed by atoms with Crippen molar-refractivity contribution in [2.45, 2.75) is 71.4 Å². The average Bonchev–Trinajstić information content (AvgIpc) is 2.71. The Morgan fingerprint density at radius 1 is 1.06 bits per heavy atom. The number of aryl methyl sites for hydroxylation is 1. The molecule has 6 nitrogen and oxygen atoms in total. The van der Waals surface area contributed by atoms with Gasteiger partial charge in [-0.3, -0.25) is 0 Å². The molecule has 0 N–H and O–H groups in total. The first-order valence-corrected chi connectivity index (χ1v) is 11.3. The van der Waals surface area contributed by atoms with Crippen molar-refractivity contribution < 1.29 is 13.9 Å². The number of hydrogen-bond donors (Lipinski definition) is 0. The van der Waals surface area contributed by atoms with E-state index in [9.17, 15) is 5.26 Å². The van der Waals surface area contributed by atoms with Gasteiger partial charge in [-0.1, -0.05) is 51.5 Å². The molecule has 1 unspecified atom stereocenters. The van der Waals surface area contributed by atoms with Crippen LogP contribution >= 0.6 is 0 Å². The summed E-state index contributed by atoms with van der Waals surface area (Å²) < 4.78 is 17.0. The van der Waals surface area contributed by atoms with Crippen LogP contribution in [-0.2, 0) is 16.4 Å². The quantitative estimate of drug-likeness (QED) is 0.532. The van der Waals surface area contributed by atoms with E-state index in [-0.39, 0.29) is 11.0 Å². The molecule has 0 bridgehead atoms. The van der Waals surface area contributed by atoms with Crippen molar-refractivity contribution in [1.29, 1.82) is 5.26 Å². The van der Waals surface area contributed by atoms with Gasteiger partial charge in [-0.25, -0.2) is 0 Å². The maximum atomic E-state index is 10.2. The summed E-state index contributed by atoms with van der Waals surface area (Å²) in [6.07, 6.45) is 0.640. The molecule has 0 amide bonds. The summed E-state index contributed by atoms with van der Waals surface area (Å²) >= 11 is 0. The van der Waals surface area contributed by atoms with E-state index >= 15 is 0 Å². The van der Waals surface area contributed by atoms with Gasteiger partial charge in [-0.2, -0.15) is 15.2 Å². The van der Waals surface area contributed by atoms with E-state index < -0.39 is 11.5 Å². The second kappa shape index (κ2) is 9.80. The summed E-state index contributed by atoms with van der Waals surface area (Å²) in [5.74, 6) is -0.146. The summed E-state index contributed by atoms with van der Waals surface area (Å²) in [7, 11) is 3.42. The Balaban J connectivity index is 2.59. The zero-order valence-corrected chi connectivity index (χ0v) is 21.1. The summed E-state index contributed by atoms with van der Waals surface area (Å²) in [6, 6.07) is 8.82. The minimum atomic E-state index is -0.583. The van der Waals surface area contributed by atoms with Crippen LogP contribution in [0.2, 0.25) is 5.04 Å². The Hall–Kier alpha value is -2.43. The number of benzene rings is 1. The predicted octanol–water partition coefficient (Wildman–Crippen LogP) is 5.11. The van der Waals surface area contributed by atoms with Crippen molar-refractivity contribution >= 4 is 9.76 Å². The van der Waals surface area contributed by atoms with E-state index in [4.69, 9.17) is 13.9 Å². The second-order valence-corrected chi connectivity index (χ2v) is 11.0. The maximum absolute atomic E-state index is 10.2. The highest BCUT2D eigenvalue weighted by Gasteiger charge is 2.29. The predicted molar refractivity (Wildman–Crippen MR) is 123 cm³/mol. The van der Waals surface area contributed by atoms with Crippen LogP contribution in [0, 0.1) is 18.3 Å². The topological polar surface area (TPSA) is 77.3 Å². The van der Waals surface area contributed by atoms with Crippen molar-refractivity contribution in [3.05, 3.63) is 46.1 Å². The third kappa shape index (κ3) is 6.05. The van der Waals surface area contributed by atoms with Gasteiger partial charge in [0.2, 0.25) is 15.6 Å². The van der Waals surface area contributed by atoms with E-state index in [0.717, 1.165) is 22.3 Å². The smallest absolute Gasteiger partial charge is 0.319 e. The third-order valence-corrected chi connectivity index (χ3v) is 6.08. The molecule has 0 aliphatic carbocycles. The summed E-state index contributed by atoms with van der Waals surface area (Å²) in [4.78, 5) is 8.83. The lowest BCUT2D eigenvalue weighted by Gasteiger charge is -2.30. The fraction of sp³-hybridized carbons (Fsp3) is 0.542. The molecule has 0 fully saturated rings. The van der Waals surface area contributed by atoms with E-state index in [1.807, 2.05) is 19.9 Å². The second-order valence-electron chi connectivity index (χ2n) is 9.10. The average molecular weight is 440 g/mol. The maximum Gasteiger partial charge on any atom is 0.319 e. The molecular formula is C24H33N3O3Si. The number of nitrogens with zero attached hydrogens (tertiary/aromatic N) is 3. The Labute approximate surface area is 188 Å². The molecule has 166 valence electrons. The molecule has 2 rings (SSSR count). The van der Waals surface area contributed by atoms with Gasteiger partial charge in [0, 0.05) is 5.56 Å². The molecule has 7 heteroatoms. The highest BCUT2D eigenvalue weighted by atomic mass is 28.2.